The highest BCUT2D eigenvalue weighted by Gasteiger charge is 2.42. The lowest BCUT2D eigenvalue weighted by atomic mass is 9.63. The molecule has 4 aromatic rings. The third-order valence-corrected chi connectivity index (χ3v) is 6.91. The van der Waals surface area contributed by atoms with Crippen LogP contribution in [-0.2, 0) is 0 Å². The molecule has 0 spiro atoms. The van der Waals surface area contributed by atoms with E-state index in [0.717, 1.165) is 21.9 Å². The van der Waals surface area contributed by atoms with Gasteiger partial charge in [-0.3, -0.25) is 0 Å². The summed E-state index contributed by atoms with van der Waals surface area (Å²) < 4.78 is 0. The topological polar surface area (TPSA) is 40.5 Å². The number of benzene rings is 4. The van der Waals surface area contributed by atoms with Gasteiger partial charge in [0, 0.05) is 0 Å². The first-order valence-corrected chi connectivity index (χ1v) is 10.1. The number of aliphatic hydroxyl groups excluding tert-OH is 2. The van der Waals surface area contributed by atoms with Gasteiger partial charge in [0.15, 0.2) is 0 Å². The number of fused-ring (bicyclic) bond motifs is 9. The van der Waals surface area contributed by atoms with Crippen LogP contribution in [0.1, 0.15) is 59.1 Å². The van der Waals surface area contributed by atoms with Crippen LogP contribution in [0.4, 0.5) is 0 Å². The Hall–Kier alpha value is -2.68. The highest BCUT2D eigenvalue weighted by atomic mass is 16.3. The van der Waals surface area contributed by atoms with Gasteiger partial charge in [0.05, 0.1) is 12.2 Å². The molecular weight excluding hydrogens is 344 g/mol. The van der Waals surface area contributed by atoms with E-state index < -0.39 is 12.2 Å². The Kier molecular flexibility index (Phi) is 3.44. The number of rotatable bonds is 0. The van der Waals surface area contributed by atoms with E-state index in [-0.39, 0.29) is 11.8 Å². The monoisotopic (exact) mass is 366 g/mol. The molecule has 0 aromatic heterocycles. The van der Waals surface area contributed by atoms with E-state index in [0.29, 0.717) is 12.8 Å². The predicted octanol–water partition coefficient (Wildman–Crippen LogP) is 5.73. The molecule has 2 heteroatoms. The molecule has 28 heavy (non-hydrogen) atoms. The Balaban J connectivity index is 1.58. The molecule has 4 atom stereocenters. The first kappa shape index (κ1) is 16.3. The van der Waals surface area contributed by atoms with Gasteiger partial charge in [-0.25, -0.2) is 0 Å². The van der Waals surface area contributed by atoms with Crippen molar-refractivity contribution in [2.24, 2.45) is 0 Å². The maximum Gasteiger partial charge on any atom is 0.0804 e. The minimum atomic E-state index is -0.475. The minimum absolute atomic E-state index is 0.242. The normalized spacial score (nSPS) is 25.9. The maximum absolute atomic E-state index is 11.1. The van der Waals surface area contributed by atoms with Crippen molar-refractivity contribution in [2.75, 3.05) is 0 Å². The number of hydrogen-bond donors (Lipinski definition) is 2. The van der Waals surface area contributed by atoms with Gasteiger partial charge in [-0.05, 0) is 68.5 Å². The van der Waals surface area contributed by atoms with Crippen LogP contribution in [-0.4, -0.2) is 10.2 Å². The van der Waals surface area contributed by atoms with E-state index in [1.807, 2.05) is 24.3 Å². The largest absolute Gasteiger partial charge is 0.388 e. The van der Waals surface area contributed by atoms with E-state index in [2.05, 4.69) is 48.5 Å². The molecule has 2 nitrogen and oxygen atoms in total. The quantitative estimate of drug-likeness (QED) is 0.417. The highest BCUT2D eigenvalue weighted by Crippen LogP contribution is 2.56. The summed E-state index contributed by atoms with van der Waals surface area (Å²) >= 11 is 0. The molecule has 0 saturated carbocycles. The maximum atomic E-state index is 11.1. The molecule has 0 bridgehead atoms. The van der Waals surface area contributed by atoms with Crippen LogP contribution in [0.25, 0.3) is 21.5 Å². The SMILES string of the molecule is OC1CC2c3ccc4ccccc4c3C(O)CC2c2ccc3ccccc3c21. The van der Waals surface area contributed by atoms with Crippen LogP contribution in [0.3, 0.4) is 0 Å². The lowest BCUT2D eigenvalue weighted by molar-refractivity contribution is 0.103. The van der Waals surface area contributed by atoms with Crippen molar-refractivity contribution < 1.29 is 10.2 Å². The molecule has 4 unspecified atom stereocenters. The second kappa shape index (κ2) is 5.91. The molecule has 2 aliphatic carbocycles. The Morgan fingerprint density at radius 2 is 0.964 bits per heavy atom. The van der Waals surface area contributed by atoms with Gasteiger partial charge in [-0.1, -0.05) is 72.8 Å². The van der Waals surface area contributed by atoms with E-state index in [9.17, 15) is 10.2 Å². The molecule has 0 saturated heterocycles. The Bertz CT molecular complexity index is 1130. The van der Waals surface area contributed by atoms with Gasteiger partial charge in [-0.2, -0.15) is 0 Å². The second-order valence-corrected chi connectivity index (χ2v) is 8.30. The fraction of sp³-hybridized carbons (Fsp3) is 0.231. The molecule has 0 amide bonds. The number of hydrogen-bond acceptors (Lipinski definition) is 2. The fourth-order valence-electron chi connectivity index (χ4n) is 5.75. The van der Waals surface area contributed by atoms with Gasteiger partial charge < -0.3 is 10.2 Å². The molecule has 4 aromatic carbocycles. The zero-order chi connectivity index (χ0) is 18.8. The van der Waals surface area contributed by atoms with Crippen LogP contribution < -0.4 is 0 Å². The second-order valence-electron chi connectivity index (χ2n) is 8.30. The highest BCUT2D eigenvalue weighted by molar-refractivity contribution is 5.89. The van der Waals surface area contributed by atoms with Crippen molar-refractivity contribution in [1.29, 1.82) is 0 Å². The third kappa shape index (κ3) is 2.16. The summed E-state index contributed by atoms with van der Waals surface area (Å²) in [5, 5.41) is 26.9. The van der Waals surface area contributed by atoms with Crippen LogP contribution in [0.15, 0.2) is 72.8 Å². The first-order valence-electron chi connectivity index (χ1n) is 10.1. The fourth-order valence-corrected chi connectivity index (χ4v) is 5.75. The van der Waals surface area contributed by atoms with Gasteiger partial charge in [-0.15, -0.1) is 0 Å². The van der Waals surface area contributed by atoms with Crippen LogP contribution in [0.2, 0.25) is 0 Å². The van der Waals surface area contributed by atoms with Crippen LogP contribution in [0, 0.1) is 0 Å². The van der Waals surface area contributed by atoms with Crippen molar-refractivity contribution in [3.8, 4) is 0 Å². The van der Waals surface area contributed by atoms with Crippen LogP contribution in [0.5, 0.6) is 0 Å². The van der Waals surface area contributed by atoms with Gasteiger partial charge >= 0.3 is 0 Å². The zero-order valence-electron chi connectivity index (χ0n) is 15.5. The van der Waals surface area contributed by atoms with E-state index in [4.69, 9.17) is 0 Å². The van der Waals surface area contributed by atoms with Crippen molar-refractivity contribution in [3.63, 3.8) is 0 Å². The molecule has 138 valence electrons. The summed E-state index contributed by atoms with van der Waals surface area (Å²) in [4.78, 5) is 0. The van der Waals surface area contributed by atoms with Crippen molar-refractivity contribution in [2.45, 2.75) is 36.9 Å². The summed E-state index contributed by atoms with van der Waals surface area (Å²) in [7, 11) is 0. The summed E-state index contributed by atoms with van der Waals surface area (Å²) in [5.41, 5.74) is 4.55. The lowest BCUT2D eigenvalue weighted by Crippen LogP contribution is -2.29. The molecular formula is C26H22O2. The predicted molar refractivity (Wildman–Crippen MR) is 113 cm³/mol. The Labute approximate surface area is 164 Å². The molecule has 0 radical (unpaired) electrons. The zero-order valence-corrected chi connectivity index (χ0v) is 15.5. The lowest BCUT2D eigenvalue weighted by Gasteiger charge is -2.43. The first-order chi connectivity index (χ1) is 13.7. The summed E-state index contributed by atoms with van der Waals surface area (Å²) in [6.07, 6.45) is 0.474. The smallest absolute Gasteiger partial charge is 0.0804 e. The van der Waals surface area contributed by atoms with E-state index in [1.54, 1.807) is 0 Å². The van der Waals surface area contributed by atoms with Crippen LogP contribution >= 0.6 is 0 Å². The van der Waals surface area contributed by atoms with Gasteiger partial charge in [0.1, 0.15) is 0 Å². The molecule has 0 aliphatic heterocycles. The standard InChI is InChI=1S/C26H22O2/c27-23-13-22-20-12-10-16-6-2-4-8-18(16)26(20)24(28)14-21(22)19-11-9-15-5-1-3-7-17(15)25(19)23/h1-12,21-24,27-28H,13-14H2. The molecule has 2 N–H and O–H groups in total. The molecule has 0 heterocycles. The molecule has 6 rings (SSSR count). The van der Waals surface area contributed by atoms with Gasteiger partial charge in [0.2, 0.25) is 0 Å². The summed E-state index contributed by atoms with van der Waals surface area (Å²) in [6, 6.07) is 25.3. The Morgan fingerprint density at radius 1 is 0.536 bits per heavy atom. The van der Waals surface area contributed by atoms with Crippen molar-refractivity contribution >= 4 is 21.5 Å². The average molecular weight is 366 g/mol. The summed E-state index contributed by atoms with van der Waals surface area (Å²) in [5.74, 6) is 0.485. The molecule has 0 fully saturated rings. The summed E-state index contributed by atoms with van der Waals surface area (Å²) in [6.45, 7) is 0. The average Bonchev–Trinajstić information content (AvgIpc) is 2.73. The minimum Gasteiger partial charge on any atom is -0.388 e. The van der Waals surface area contributed by atoms with Crippen molar-refractivity contribution in [3.05, 3.63) is 95.1 Å². The van der Waals surface area contributed by atoms with Crippen molar-refractivity contribution in [1.82, 2.24) is 0 Å². The van der Waals surface area contributed by atoms with E-state index >= 15 is 0 Å². The Morgan fingerprint density at radius 3 is 1.43 bits per heavy atom. The van der Waals surface area contributed by atoms with Gasteiger partial charge in [0.25, 0.3) is 0 Å². The third-order valence-electron chi connectivity index (χ3n) is 6.91. The van der Waals surface area contributed by atoms with E-state index in [1.165, 1.54) is 21.9 Å². The molecule has 2 aliphatic rings. The number of aliphatic hydroxyl groups is 2.